The number of ether oxygens (including phenoxy) is 2. The van der Waals surface area contributed by atoms with Crippen molar-refractivity contribution in [1.82, 2.24) is 4.90 Å². The maximum absolute atomic E-state index is 13.7. The van der Waals surface area contributed by atoms with Gasteiger partial charge in [-0.2, -0.15) is 0 Å². The lowest BCUT2D eigenvalue weighted by Gasteiger charge is -2.46. The number of hydrogen-bond donors (Lipinski definition) is 0. The molecule has 1 aliphatic heterocycles. The fourth-order valence-corrected chi connectivity index (χ4v) is 4.40. The SMILES string of the molecule is Fc1cccc(CCN2CCCCC2(COCc2ccccc2)OCc2ccccc2)c1. The minimum atomic E-state index is -0.476. The molecule has 168 valence electrons. The smallest absolute Gasteiger partial charge is 0.145 e. The second-order valence-corrected chi connectivity index (χ2v) is 8.52. The topological polar surface area (TPSA) is 21.7 Å². The van der Waals surface area contributed by atoms with E-state index >= 15 is 0 Å². The van der Waals surface area contributed by atoms with Gasteiger partial charge in [0.1, 0.15) is 11.5 Å². The lowest BCUT2D eigenvalue weighted by Crippen LogP contribution is -2.57. The summed E-state index contributed by atoms with van der Waals surface area (Å²) in [6.07, 6.45) is 3.96. The van der Waals surface area contributed by atoms with Crippen molar-refractivity contribution in [2.45, 2.75) is 44.6 Å². The number of rotatable bonds is 10. The van der Waals surface area contributed by atoms with E-state index in [4.69, 9.17) is 9.47 Å². The Kier molecular flexibility index (Phi) is 8.05. The molecule has 32 heavy (non-hydrogen) atoms. The predicted molar refractivity (Wildman–Crippen MR) is 126 cm³/mol. The molecule has 4 rings (SSSR count). The number of benzene rings is 3. The van der Waals surface area contributed by atoms with E-state index < -0.39 is 5.72 Å². The van der Waals surface area contributed by atoms with Crippen molar-refractivity contribution in [1.29, 1.82) is 0 Å². The maximum Gasteiger partial charge on any atom is 0.145 e. The highest BCUT2D eigenvalue weighted by Gasteiger charge is 2.40. The molecule has 0 aliphatic carbocycles. The lowest BCUT2D eigenvalue weighted by atomic mass is 9.97. The molecule has 0 N–H and O–H groups in total. The number of hydrogen-bond acceptors (Lipinski definition) is 3. The van der Waals surface area contributed by atoms with Crippen molar-refractivity contribution < 1.29 is 13.9 Å². The Balaban J connectivity index is 1.47. The van der Waals surface area contributed by atoms with Crippen molar-refractivity contribution in [3.63, 3.8) is 0 Å². The van der Waals surface area contributed by atoms with Gasteiger partial charge in [0, 0.05) is 13.1 Å². The molecule has 0 spiro atoms. The average Bonchev–Trinajstić information content (AvgIpc) is 2.84. The van der Waals surface area contributed by atoms with Crippen LogP contribution in [0.15, 0.2) is 84.9 Å². The van der Waals surface area contributed by atoms with E-state index in [2.05, 4.69) is 29.2 Å². The van der Waals surface area contributed by atoms with Crippen LogP contribution in [0.25, 0.3) is 0 Å². The fraction of sp³-hybridized carbons (Fsp3) is 0.357. The summed E-state index contributed by atoms with van der Waals surface area (Å²) in [6, 6.07) is 27.4. The summed E-state index contributed by atoms with van der Waals surface area (Å²) in [4.78, 5) is 2.41. The van der Waals surface area contributed by atoms with Crippen LogP contribution in [0, 0.1) is 5.82 Å². The van der Waals surface area contributed by atoms with Crippen molar-refractivity contribution >= 4 is 0 Å². The number of nitrogens with zero attached hydrogens (tertiary/aromatic N) is 1. The first-order chi connectivity index (χ1) is 15.7. The van der Waals surface area contributed by atoms with Crippen molar-refractivity contribution in [3.8, 4) is 0 Å². The summed E-state index contributed by atoms with van der Waals surface area (Å²) < 4.78 is 26.5. The first-order valence-corrected chi connectivity index (χ1v) is 11.5. The molecule has 1 fully saturated rings. The molecule has 0 aromatic heterocycles. The van der Waals surface area contributed by atoms with E-state index in [0.29, 0.717) is 19.8 Å². The molecule has 1 aliphatic rings. The fourth-order valence-electron chi connectivity index (χ4n) is 4.40. The van der Waals surface area contributed by atoms with Gasteiger partial charge in [0.15, 0.2) is 0 Å². The number of piperidine rings is 1. The third-order valence-corrected chi connectivity index (χ3v) is 6.17. The van der Waals surface area contributed by atoms with E-state index in [-0.39, 0.29) is 5.82 Å². The Labute approximate surface area is 190 Å². The van der Waals surface area contributed by atoms with E-state index in [9.17, 15) is 4.39 Å². The zero-order valence-corrected chi connectivity index (χ0v) is 18.6. The molecule has 0 saturated carbocycles. The second-order valence-electron chi connectivity index (χ2n) is 8.52. The first kappa shape index (κ1) is 22.7. The standard InChI is InChI=1S/C28H32FNO2/c29-27-15-9-14-24(20-27)16-19-30-18-8-7-17-28(30,32-22-26-12-5-2-6-13-26)23-31-21-25-10-3-1-4-11-25/h1-6,9-15,20H,7-8,16-19,21-23H2. The molecule has 4 heteroatoms. The molecule has 3 aromatic rings. The summed E-state index contributed by atoms with van der Waals surface area (Å²) in [7, 11) is 0. The van der Waals surface area contributed by atoms with E-state index in [0.717, 1.165) is 55.5 Å². The Bertz CT molecular complexity index is 950. The largest absolute Gasteiger partial charge is 0.372 e. The van der Waals surface area contributed by atoms with Gasteiger partial charge in [-0.05, 0) is 54.5 Å². The minimum Gasteiger partial charge on any atom is -0.372 e. The Morgan fingerprint density at radius 3 is 2.19 bits per heavy atom. The summed E-state index contributed by atoms with van der Waals surface area (Å²) >= 11 is 0. The summed E-state index contributed by atoms with van der Waals surface area (Å²) in [5.74, 6) is -0.182. The van der Waals surface area contributed by atoms with Crippen molar-refractivity contribution in [3.05, 3.63) is 107 Å². The molecule has 0 radical (unpaired) electrons. The molecular formula is C28H32FNO2. The highest BCUT2D eigenvalue weighted by atomic mass is 19.1. The molecule has 1 saturated heterocycles. The third-order valence-electron chi connectivity index (χ3n) is 6.17. The van der Waals surface area contributed by atoms with E-state index in [1.54, 1.807) is 12.1 Å². The monoisotopic (exact) mass is 433 g/mol. The molecular weight excluding hydrogens is 401 g/mol. The molecule has 1 heterocycles. The van der Waals surface area contributed by atoms with Crippen LogP contribution in [-0.4, -0.2) is 30.3 Å². The number of likely N-dealkylation sites (tertiary alicyclic amines) is 1. The average molecular weight is 434 g/mol. The van der Waals surface area contributed by atoms with Crippen molar-refractivity contribution in [2.24, 2.45) is 0 Å². The van der Waals surface area contributed by atoms with Crippen LogP contribution in [0.2, 0.25) is 0 Å². The predicted octanol–water partition coefficient (Wildman–Crippen LogP) is 5.98. The van der Waals surface area contributed by atoms with Gasteiger partial charge in [0.2, 0.25) is 0 Å². The first-order valence-electron chi connectivity index (χ1n) is 11.5. The molecule has 1 unspecified atom stereocenters. The summed E-state index contributed by atoms with van der Waals surface area (Å²) in [5.41, 5.74) is 2.85. The zero-order chi connectivity index (χ0) is 22.1. The Morgan fingerprint density at radius 1 is 0.781 bits per heavy atom. The highest BCUT2D eigenvalue weighted by Crippen LogP contribution is 2.32. The minimum absolute atomic E-state index is 0.182. The lowest BCUT2D eigenvalue weighted by molar-refractivity contribution is -0.214. The van der Waals surface area contributed by atoms with Crippen LogP contribution in [-0.2, 0) is 29.1 Å². The van der Waals surface area contributed by atoms with Crippen LogP contribution in [0.4, 0.5) is 4.39 Å². The van der Waals surface area contributed by atoms with Gasteiger partial charge in [-0.15, -0.1) is 0 Å². The molecule has 0 amide bonds. The van der Waals surface area contributed by atoms with Gasteiger partial charge in [-0.3, -0.25) is 4.90 Å². The third kappa shape index (κ3) is 6.26. The highest BCUT2D eigenvalue weighted by molar-refractivity contribution is 5.17. The molecule has 3 nitrogen and oxygen atoms in total. The molecule has 0 bridgehead atoms. The Hall–Kier alpha value is -2.53. The Morgan fingerprint density at radius 2 is 1.47 bits per heavy atom. The van der Waals surface area contributed by atoms with Gasteiger partial charge >= 0.3 is 0 Å². The number of halogens is 1. The van der Waals surface area contributed by atoms with Gasteiger partial charge in [0.25, 0.3) is 0 Å². The zero-order valence-electron chi connectivity index (χ0n) is 18.6. The quantitative estimate of drug-likeness (QED) is 0.392. The second kappa shape index (κ2) is 11.4. The van der Waals surface area contributed by atoms with Crippen LogP contribution >= 0.6 is 0 Å². The maximum atomic E-state index is 13.7. The van der Waals surface area contributed by atoms with E-state index in [1.807, 2.05) is 42.5 Å². The van der Waals surface area contributed by atoms with Gasteiger partial charge < -0.3 is 9.47 Å². The van der Waals surface area contributed by atoms with Crippen molar-refractivity contribution in [2.75, 3.05) is 19.7 Å². The van der Waals surface area contributed by atoms with Crippen LogP contribution in [0.1, 0.15) is 36.0 Å². The van der Waals surface area contributed by atoms with Crippen LogP contribution < -0.4 is 0 Å². The normalized spacial score (nSPS) is 19.2. The van der Waals surface area contributed by atoms with E-state index in [1.165, 1.54) is 6.07 Å². The molecule has 1 atom stereocenters. The summed E-state index contributed by atoms with van der Waals surface area (Å²) in [6.45, 7) is 3.39. The summed E-state index contributed by atoms with van der Waals surface area (Å²) in [5, 5.41) is 0. The van der Waals surface area contributed by atoms with Gasteiger partial charge in [-0.25, -0.2) is 4.39 Å². The van der Waals surface area contributed by atoms with Gasteiger partial charge in [-0.1, -0.05) is 72.8 Å². The van der Waals surface area contributed by atoms with Crippen LogP contribution in [0.5, 0.6) is 0 Å². The molecule has 3 aromatic carbocycles. The van der Waals surface area contributed by atoms with Gasteiger partial charge in [0.05, 0.1) is 19.8 Å². The van der Waals surface area contributed by atoms with Crippen LogP contribution in [0.3, 0.4) is 0 Å².